The Morgan fingerprint density at radius 1 is 1.09 bits per heavy atom. The third-order valence-corrected chi connectivity index (χ3v) is 6.50. The number of aromatic amines is 1. The number of halogens is 2. The molecular formula is C23H23BrClN3O4S. The third-order valence-electron chi connectivity index (χ3n) is 5.09. The fraction of sp³-hybridized carbons (Fsp3) is 0.217. The van der Waals surface area contributed by atoms with Gasteiger partial charge in [0, 0.05) is 39.9 Å². The molecule has 33 heavy (non-hydrogen) atoms. The fourth-order valence-corrected chi connectivity index (χ4v) is 4.73. The lowest BCUT2D eigenvalue weighted by molar-refractivity contribution is 0.172. The summed E-state index contributed by atoms with van der Waals surface area (Å²) in [6.45, 7) is 1.22. The number of anilines is 1. The van der Waals surface area contributed by atoms with Gasteiger partial charge in [0.2, 0.25) is 10.0 Å². The van der Waals surface area contributed by atoms with E-state index in [0.717, 1.165) is 38.3 Å². The Morgan fingerprint density at radius 3 is 2.58 bits per heavy atom. The normalized spacial score (nSPS) is 12.8. The summed E-state index contributed by atoms with van der Waals surface area (Å²) in [5.41, 5.74) is 2.85. The quantitative estimate of drug-likeness (QED) is 0.223. The van der Waals surface area contributed by atoms with E-state index in [1.54, 1.807) is 12.1 Å². The first-order valence-corrected chi connectivity index (χ1v) is 13.3. The Kier molecular flexibility index (Phi) is 7.16. The maximum absolute atomic E-state index is 11.5. The first kappa shape index (κ1) is 23.8. The Morgan fingerprint density at radius 2 is 1.82 bits per heavy atom. The van der Waals surface area contributed by atoms with E-state index < -0.39 is 16.1 Å². The topological polar surface area (TPSA) is 103 Å². The van der Waals surface area contributed by atoms with E-state index in [1.807, 2.05) is 30.3 Å². The third kappa shape index (κ3) is 5.99. The summed E-state index contributed by atoms with van der Waals surface area (Å²) in [7, 11) is -3.47. The summed E-state index contributed by atoms with van der Waals surface area (Å²) >= 11 is 9.53. The molecule has 1 heterocycles. The average molecular weight is 553 g/mol. The summed E-state index contributed by atoms with van der Waals surface area (Å²) in [5.74, 6) is 0.754. The van der Waals surface area contributed by atoms with E-state index in [2.05, 4.69) is 37.0 Å². The van der Waals surface area contributed by atoms with E-state index in [0.29, 0.717) is 18.7 Å². The van der Waals surface area contributed by atoms with Crippen molar-refractivity contribution in [1.29, 1.82) is 0 Å². The molecule has 4 N–H and O–H groups in total. The molecule has 3 aromatic carbocycles. The van der Waals surface area contributed by atoms with Crippen molar-refractivity contribution in [2.75, 3.05) is 30.7 Å². The number of benzene rings is 3. The average Bonchev–Trinajstić information content (AvgIpc) is 3.10. The van der Waals surface area contributed by atoms with E-state index >= 15 is 0 Å². The number of fused-ring (bicyclic) bond motifs is 3. The minimum Gasteiger partial charge on any atom is -0.492 e. The first-order valence-electron chi connectivity index (χ1n) is 10.2. The zero-order valence-corrected chi connectivity index (χ0v) is 20.9. The van der Waals surface area contributed by atoms with Crippen molar-refractivity contribution in [3.8, 4) is 5.75 Å². The summed E-state index contributed by atoms with van der Waals surface area (Å²) in [6, 6.07) is 16.8. The van der Waals surface area contributed by atoms with Crippen LogP contribution in [0.15, 0.2) is 59.1 Å². The maximum Gasteiger partial charge on any atom is 0.229 e. The number of hydrogen-bond acceptors (Lipinski definition) is 5. The summed E-state index contributed by atoms with van der Waals surface area (Å²) in [4.78, 5) is 3.41. The smallest absolute Gasteiger partial charge is 0.229 e. The lowest BCUT2D eigenvalue weighted by Gasteiger charge is -2.15. The zero-order valence-electron chi connectivity index (χ0n) is 17.7. The van der Waals surface area contributed by atoms with Crippen LogP contribution >= 0.6 is 27.5 Å². The van der Waals surface area contributed by atoms with Crippen LogP contribution in [0.25, 0.3) is 21.8 Å². The molecule has 4 aromatic rings. The monoisotopic (exact) mass is 551 g/mol. The van der Waals surface area contributed by atoms with Gasteiger partial charge in [0.25, 0.3) is 0 Å². The molecule has 0 saturated carbocycles. The first-order chi connectivity index (χ1) is 15.7. The maximum atomic E-state index is 11.5. The van der Waals surface area contributed by atoms with Gasteiger partial charge in [0.1, 0.15) is 12.4 Å². The number of rotatable bonds is 9. The van der Waals surface area contributed by atoms with Gasteiger partial charge in [0.05, 0.1) is 28.6 Å². The SMILES string of the molecule is CS(=O)(=O)Nc1cc([C@@H](O)CNCCOc2ccc3c(c2)[nH]c2cc(Br)ccc23)ccc1Cl. The molecule has 0 fully saturated rings. The van der Waals surface area contributed by atoms with E-state index in [1.165, 1.54) is 6.07 Å². The number of aliphatic hydroxyl groups is 1. The molecule has 1 aromatic heterocycles. The highest BCUT2D eigenvalue weighted by Gasteiger charge is 2.12. The van der Waals surface area contributed by atoms with Crippen LogP contribution in [-0.4, -0.2) is 44.5 Å². The van der Waals surface area contributed by atoms with Crippen molar-refractivity contribution >= 4 is 65.0 Å². The van der Waals surface area contributed by atoms with Gasteiger partial charge in [-0.3, -0.25) is 4.72 Å². The largest absolute Gasteiger partial charge is 0.492 e. The van der Waals surface area contributed by atoms with Crippen molar-refractivity contribution in [3.63, 3.8) is 0 Å². The Balaban J connectivity index is 1.30. The van der Waals surface area contributed by atoms with Gasteiger partial charge in [-0.1, -0.05) is 39.7 Å². The van der Waals surface area contributed by atoms with Crippen LogP contribution < -0.4 is 14.8 Å². The Labute approximate surface area is 205 Å². The van der Waals surface area contributed by atoms with Crippen LogP contribution in [0.5, 0.6) is 5.75 Å². The number of sulfonamides is 1. The van der Waals surface area contributed by atoms with Gasteiger partial charge in [-0.15, -0.1) is 0 Å². The number of aliphatic hydroxyl groups excluding tert-OH is 1. The van der Waals surface area contributed by atoms with Gasteiger partial charge < -0.3 is 20.1 Å². The predicted molar refractivity (Wildman–Crippen MR) is 137 cm³/mol. The van der Waals surface area contributed by atoms with Crippen LogP contribution in [0.3, 0.4) is 0 Å². The van der Waals surface area contributed by atoms with Crippen LogP contribution in [0, 0.1) is 0 Å². The van der Waals surface area contributed by atoms with Crippen molar-refractivity contribution < 1.29 is 18.3 Å². The molecule has 0 unspecified atom stereocenters. The zero-order chi connectivity index (χ0) is 23.6. The molecule has 0 aliphatic rings. The molecule has 0 spiro atoms. The predicted octanol–water partition coefficient (Wildman–Crippen LogP) is 4.81. The molecule has 0 aliphatic heterocycles. The molecule has 10 heteroatoms. The van der Waals surface area contributed by atoms with Gasteiger partial charge in [-0.2, -0.15) is 0 Å². The second kappa shape index (κ2) is 9.90. The summed E-state index contributed by atoms with van der Waals surface area (Å²) < 4.78 is 32.1. The molecule has 0 saturated heterocycles. The number of hydrogen-bond donors (Lipinski definition) is 4. The Hall–Kier alpha value is -2.30. The van der Waals surface area contributed by atoms with Gasteiger partial charge in [0.15, 0.2) is 0 Å². The number of nitrogens with one attached hydrogen (secondary N) is 3. The van der Waals surface area contributed by atoms with Crippen LogP contribution in [0.2, 0.25) is 5.02 Å². The Bertz CT molecular complexity index is 1410. The standard InChI is InChI=1S/C23H23BrClN3O4S/c1-33(30,31)28-22-10-14(2-7-19(22)25)23(29)13-26-8-9-32-16-4-6-18-17-5-3-15(24)11-20(17)27-21(18)12-16/h2-7,10-12,23,26-29H,8-9,13H2,1H3/t23-/m0/s1. The number of aromatic nitrogens is 1. The van der Waals surface area contributed by atoms with Gasteiger partial charge in [-0.25, -0.2) is 8.42 Å². The molecule has 0 amide bonds. The number of ether oxygens (including phenoxy) is 1. The van der Waals surface area contributed by atoms with Crippen molar-refractivity contribution in [2.45, 2.75) is 6.10 Å². The molecule has 1 atom stereocenters. The minimum absolute atomic E-state index is 0.235. The molecule has 0 bridgehead atoms. The lowest BCUT2D eigenvalue weighted by atomic mass is 10.1. The molecule has 4 rings (SSSR count). The molecule has 0 radical (unpaired) electrons. The van der Waals surface area contributed by atoms with Crippen molar-refractivity contribution in [3.05, 3.63) is 69.7 Å². The van der Waals surface area contributed by atoms with E-state index in [4.69, 9.17) is 16.3 Å². The molecular weight excluding hydrogens is 530 g/mol. The second-order valence-electron chi connectivity index (χ2n) is 7.70. The van der Waals surface area contributed by atoms with Crippen LogP contribution in [-0.2, 0) is 10.0 Å². The fourth-order valence-electron chi connectivity index (χ4n) is 3.58. The highest BCUT2D eigenvalue weighted by atomic mass is 79.9. The van der Waals surface area contributed by atoms with E-state index in [-0.39, 0.29) is 17.3 Å². The van der Waals surface area contributed by atoms with E-state index in [9.17, 15) is 13.5 Å². The molecule has 7 nitrogen and oxygen atoms in total. The summed E-state index contributed by atoms with van der Waals surface area (Å²) in [5, 5.41) is 16.1. The van der Waals surface area contributed by atoms with Gasteiger partial charge >= 0.3 is 0 Å². The highest BCUT2D eigenvalue weighted by Crippen LogP contribution is 2.30. The highest BCUT2D eigenvalue weighted by molar-refractivity contribution is 9.10. The van der Waals surface area contributed by atoms with Crippen LogP contribution in [0.4, 0.5) is 5.69 Å². The minimum atomic E-state index is -3.47. The van der Waals surface area contributed by atoms with Crippen LogP contribution in [0.1, 0.15) is 11.7 Å². The number of H-pyrrole nitrogens is 1. The van der Waals surface area contributed by atoms with Crippen molar-refractivity contribution in [2.24, 2.45) is 0 Å². The van der Waals surface area contributed by atoms with Gasteiger partial charge in [-0.05, 0) is 42.0 Å². The van der Waals surface area contributed by atoms with Crippen molar-refractivity contribution in [1.82, 2.24) is 10.3 Å². The molecule has 0 aliphatic carbocycles. The summed E-state index contributed by atoms with van der Waals surface area (Å²) in [6.07, 6.45) is 0.215. The lowest BCUT2D eigenvalue weighted by Crippen LogP contribution is -2.26. The molecule has 174 valence electrons. The second-order valence-corrected chi connectivity index (χ2v) is 10.8.